The average Bonchev–Trinajstić information content (AvgIpc) is 2.19. The first-order valence-corrected chi connectivity index (χ1v) is 3.75. The minimum absolute atomic E-state index is 0.483. The van der Waals surface area contributed by atoms with Crippen LogP contribution >= 0.6 is 0 Å². The molecule has 0 unspecified atom stereocenters. The minimum atomic E-state index is -0.483. The monoisotopic (exact) mass is 178 g/mol. The molecule has 0 fully saturated rings. The van der Waals surface area contributed by atoms with Crippen molar-refractivity contribution in [1.29, 1.82) is 0 Å². The lowest BCUT2D eigenvalue weighted by Gasteiger charge is -1.97. The third kappa shape index (κ3) is 3.37. The average molecular weight is 178 g/mol. The molecule has 1 aromatic rings. The van der Waals surface area contributed by atoms with Crippen LogP contribution in [-0.4, -0.2) is 19.3 Å². The SMILES string of the molecule is COC(=O)/C=N/Nc1ccccc1. The number of hydrogen-bond acceptors (Lipinski definition) is 4. The third-order valence-corrected chi connectivity index (χ3v) is 1.34. The number of benzene rings is 1. The van der Waals surface area contributed by atoms with Crippen molar-refractivity contribution in [2.75, 3.05) is 12.5 Å². The Morgan fingerprint density at radius 3 is 2.77 bits per heavy atom. The van der Waals surface area contributed by atoms with Crippen molar-refractivity contribution >= 4 is 17.9 Å². The van der Waals surface area contributed by atoms with E-state index in [1.54, 1.807) is 0 Å². The molecule has 0 aromatic heterocycles. The molecule has 0 aliphatic rings. The second-order valence-corrected chi connectivity index (χ2v) is 2.26. The van der Waals surface area contributed by atoms with Gasteiger partial charge in [-0.3, -0.25) is 5.43 Å². The number of carbonyl (C=O) groups is 1. The molecule has 1 rings (SSSR count). The van der Waals surface area contributed by atoms with Gasteiger partial charge in [-0.1, -0.05) is 18.2 Å². The second-order valence-electron chi connectivity index (χ2n) is 2.26. The summed E-state index contributed by atoms with van der Waals surface area (Å²) >= 11 is 0. The van der Waals surface area contributed by atoms with Crippen molar-refractivity contribution in [3.05, 3.63) is 30.3 Å². The summed E-state index contributed by atoms with van der Waals surface area (Å²) < 4.78 is 4.36. The first-order valence-electron chi connectivity index (χ1n) is 3.75. The summed E-state index contributed by atoms with van der Waals surface area (Å²) in [6.45, 7) is 0. The zero-order valence-corrected chi connectivity index (χ0v) is 7.23. The number of rotatable bonds is 3. The number of esters is 1. The fourth-order valence-electron chi connectivity index (χ4n) is 0.725. The molecular weight excluding hydrogens is 168 g/mol. The highest BCUT2D eigenvalue weighted by Crippen LogP contribution is 2.03. The molecular formula is C9H10N2O2. The Bertz CT molecular complexity index is 296. The van der Waals surface area contributed by atoms with Crippen LogP contribution in [0, 0.1) is 0 Å². The van der Waals surface area contributed by atoms with Gasteiger partial charge in [0.1, 0.15) is 6.21 Å². The number of ether oxygens (including phenoxy) is 1. The van der Waals surface area contributed by atoms with Crippen molar-refractivity contribution in [1.82, 2.24) is 0 Å². The van der Waals surface area contributed by atoms with Crippen molar-refractivity contribution in [2.24, 2.45) is 5.10 Å². The van der Waals surface area contributed by atoms with Gasteiger partial charge in [-0.2, -0.15) is 5.10 Å². The van der Waals surface area contributed by atoms with Crippen LogP contribution in [0.15, 0.2) is 35.4 Å². The number of para-hydroxylation sites is 1. The fourth-order valence-corrected chi connectivity index (χ4v) is 0.725. The van der Waals surface area contributed by atoms with E-state index >= 15 is 0 Å². The number of methoxy groups -OCH3 is 1. The zero-order valence-electron chi connectivity index (χ0n) is 7.23. The van der Waals surface area contributed by atoms with E-state index in [-0.39, 0.29) is 0 Å². The van der Waals surface area contributed by atoms with E-state index in [9.17, 15) is 4.79 Å². The van der Waals surface area contributed by atoms with Gasteiger partial charge in [-0.25, -0.2) is 4.79 Å². The predicted octanol–water partition coefficient (Wildman–Crippen LogP) is 1.26. The van der Waals surface area contributed by atoms with E-state index in [1.807, 2.05) is 30.3 Å². The first-order chi connectivity index (χ1) is 6.33. The molecule has 0 aliphatic carbocycles. The standard InChI is InChI=1S/C9H10N2O2/c1-13-9(12)7-10-11-8-5-3-2-4-6-8/h2-7,11H,1H3/b10-7+. The Morgan fingerprint density at radius 1 is 1.46 bits per heavy atom. The number of hydrogen-bond donors (Lipinski definition) is 1. The smallest absolute Gasteiger partial charge is 0.350 e. The van der Waals surface area contributed by atoms with Crippen molar-refractivity contribution in [3.63, 3.8) is 0 Å². The highest BCUT2D eigenvalue weighted by Gasteiger charge is 1.90. The van der Waals surface area contributed by atoms with Crippen LogP contribution in [0.2, 0.25) is 0 Å². The zero-order chi connectivity index (χ0) is 9.52. The molecule has 0 bridgehead atoms. The molecule has 0 spiro atoms. The highest BCUT2D eigenvalue weighted by molar-refractivity contribution is 6.23. The Balaban J connectivity index is 2.44. The van der Waals surface area contributed by atoms with Gasteiger partial charge < -0.3 is 4.74 Å². The van der Waals surface area contributed by atoms with E-state index in [1.165, 1.54) is 7.11 Å². The molecule has 0 amide bonds. The molecule has 68 valence electrons. The van der Waals surface area contributed by atoms with E-state index in [0.29, 0.717) is 0 Å². The lowest BCUT2D eigenvalue weighted by atomic mass is 10.3. The topological polar surface area (TPSA) is 50.7 Å². The van der Waals surface area contributed by atoms with Crippen LogP contribution in [0.4, 0.5) is 5.69 Å². The van der Waals surface area contributed by atoms with Crippen LogP contribution in [-0.2, 0) is 9.53 Å². The van der Waals surface area contributed by atoms with Crippen molar-refractivity contribution in [2.45, 2.75) is 0 Å². The lowest BCUT2D eigenvalue weighted by Crippen LogP contribution is -2.02. The summed E-state index contributed by atoms with van der Waals surface area (Å²) in [6.07, 6.45) is 1.08. The van der Waals surface area contributed by atoms with Gasteiger partial charge in [0.15, 0.2) is 0 Å². The number of carbonyl (C=O) groups excluding carboxylic acids is 1. The normalized spacial score (nSPS) is 9.92. The molecule has 4 heteroatoms. The maximum Gasteiger partial charge on any atom is 0.350 e. The number of nitrogens with one attached hydrogen (secondary N) is 1. The Hall–Kier alpha value is -1.84. The van der Waals surface area contributed by atoms with Crippen LogP contribution in [0.3, 0.4) is 0 Å². The van der Waals surface area contributed by atoms with Crippen molar-refractivity contribution in [3.8, 4) is 0 Å². The molecule has 0 radical (unpaired) electrons. The van der Waals surface area contributed by atoms with E-state index in [4.69, 9.17) is 0 Å². The van der Waals surface area contributed by atoms with Crippen molar-refractivity contribution < 1.29 is 9.53 Å². The van der Waals surface area contributed by atoms with Crippen LogP contribution in [0.1, 0.15) is 0 Å². The number of anilines is 1. The molecule has 1 N–H and O–H groups in total. The predicted molar refractivity (Wildman–Crippen MR) is 50.6 cm³/mol. The maximum absolute atomic E-state index is 10.6. The van der Waals surface area contributed by atoms with Gasteiger partial charge in [-0.15, -0.1) is 0 Å². The Kier molecular flexibility index (Phi) is 3.50. The minimum Gasteiger partial charge on any atom is -0.465 e. The first kappa shape index (κ1) is 9.25. The summed E-state index contributed by atoms with van der Waals surface area (Å²) in [7, 11) is 1.30. The lowest BCUT2D eigenvalue weighted by molar-refractivity contribution is -0.132. The van der Waals surface area contributed by atoms with Gasteiger partial charge >= 0.3 is 5.97 Å². The Labute approximate surface area is 76.2 Å². The van der Waals surface area contributed by atoms with Crippen LogP contribution < -0.4 is 5.43 Å². The fraction of sp³-hybridized carbons (Fsp3) is 0.111. The molecule has 0 saturated carbocycles. The quantitative estimate of drug-likeness (QED) is 0.430. The summed E-state index contributed by atoms with van der Waals surface area (Å²) in [6, 6.07) is 9.32. The molecule has 0 saturated heterocycles. The third-order valence-electron chi connectivity index (χ3n) is 1.34. The van der Waals surface area contributed by atoms with Crippen LogP contribution in [0.25, 0.3) is 0 Å². The summed E-state index contributed by atoms with van der Waals surface area (Å²) in [4.78, 5) is 10.6. The molecule has 0 heterocycles. The van der Waals surface area contributed by atoms with E-state index < -0.39 is 5.97 Å². The van der Waals surface area contributed by atoms with Gasteiger partial charge in [-0.05, 0) is 12.1 Å². The van der Waals surface area contributed by atoms with Crippen LogP contribution in [0.5, 0.6) is 0 Å². The van der Waals surface area contributed by atoms with E-state index in [0.717, 1.165) is 11.9 Å². The molecule has 0 aliphatic heterocycles. The van der Waals surface area contributed by atoms with Gasteiger partial charge in [0, 0.05) is 0 Å². The summed E-state index contributed by atoms with van der Waals surface area (Å²) in [5, 5.41) is 3.66. The maximum atomic E-state index is 10.6. The molecule has 4 nitrogen and oxygen atoms in total. The Morgan fingerprint density at radius 2 is 2.15 bits per heavy atom. The van der Waals surface area contributed by atoms with E-state index in [2.05, 4.69) is 15.3 Å². The second kappa shape index (κ2) is 4.92. The molecule has 1 aromatic carbocycles. The molecule has 0 atom stereocenters. The molecule has 13 heavy (non-hydrogen) atoms. The number of nitrogens with zero attached hydrogens (tertiary/aromatic N) is 1. The summed E-state index contributed by atoms with van der Waals surface area (Å²) in [5.74, 6) is -0.483. The van der Waals surface area contributed by atoms with Gasteiger partial charge in [0.05, 0.1) is 12.8 Å². The highest BCUT2D eigenvalue weighted by atomic mass is 16.5. The van der Waals surface area contributed by atoms with Gasteiger partial charge in [0.25, 0.3) is 0 Å². The summed E-state index contributed by atoms with van der Waals surface area (Å²) in [5.41, 5.74) is 3.50. The van der Waals surface area contributed by atoms with Gasteiger partial charge in [0.2, 0.25) is 0 Å². The number of hydrazone groups is 1. The largest absolute Gasteiger partial charge is 0.465 e.